The number of alkyl halides is 1. The molecule has 0 aliphatic carbocycles. The zero-order valence-corrected chi connectivity index (χ0v) is 8.58. The number of rotatable bonds is 3. The molecule has 14 heavy (non-hydrogen) atoms. The van der Waals surface area contributed by atoms with Crippen molar-refractivity contribution < 1.29 is 9.90 Å². The van der Waals surface area contributed by atoms with Crippen molar-refractivity contribution in [2.75, 3.05) is 5.88 Å². The van der Waals surface area contributed by atoms with Gasteiger partial charge in [-0.3, -0.25) is 0 Å². The van der Waals surface area contributed by atoms with Gasteiger partial charge in [-0.05, 0) is 30.2 Å². The Morgan fingerprint density at radius 1 is 1.57 bits per heavy atom. The maximum Gasteiger partial charge on any atom is 0.335 e. The molecule has 0 aliphatic rings. The molecule has 0 atom stereocenters. The Morgan fingerprint density at radius 2 is 2.29 bits per heavy atom. The SMILES string of the molecule is Cc1ccc(C(=O)O)cc1C=CCCl. The molecule has 0 saturated carbocycles. The zero-order valence-electron chi connectivity index (χ0n) is 7.83. The Kier molecular flexibility index (Phi) is 3.72. The van der Waals surface area contributed by atoms with Crippen LogP contribution < -0.4 is 0 Å². The molecule has 74 valence electrons. The van der Waals surface area contributed by atoms with Gasteiger partial charge in [-0.25, -0.2) is 4.79 Å². The van der Waals surface area contributed by atoms with Gasteiger partial charge in [0.1, 0.15) is 0 Å². The molecule has 2 nitrogen and oxygen atoms in total. The molecule has 0 aromatic heterocycles. The average Bonchev–Trinajstić information content (AvgIpc) is 2.16. The van der Waals surface area contributed by atoms with Crippen LogP contribution in [0.15, 0.2) is 24.3 Å². The van der Waals surface area contributed by atoms with Crippen LogP contribution in [0.2, 0.25) is 0 Å². The van der Waals surface area contributed by atoms with Gasteiger partial charge in [0, 0.05) is 5.88 Å². The highest BCUT2D eigenvalue weighted by molar-refractivity contribution is 6.19. The molecule has 0 fully saturated rings. The van der Waals surface area contributed by atoms with Crippen LogP contribution in [0.25, 0.3) is 6.08 Å². The lowest BCUT2D eigenvalue weighted by atomic mass is 10.0. The zero-order chi connectivity index (χ0) is 10.6. The van der Waals surface area contributed by atoms with Crippen LogP contribution in [0.4, 0.5) is 0 Å². The summed E-state index contributed by atoms with van der Waals surface area (Å²) in [5.74, 6) is -0.484. The first-order valence-corrected chi connectivity index (χ1v) is 4.75. The average molecular weight is 211 g/mol. The third-order valence-electron chi connectivity index (χ3n) is 1.91. The van der Waals surface area contributed by atoms with Gasteiger partial charge in [-0.15, -0.1) is 11.6 Å². The van der Waals surface area contributed by atoms with Crippen molar-refractivity contribution >= 4 is 23.6 Å². The van der Waals surface area contributed by atoms with Gasteiger partial charge in [0.05, 0.1) is 5.56 Å². The summed E-state index contributed by atoms with van der Waals surface area (Å²) < 4.78 is 0. The number of aryl methyl sites for hydroxylation is 1. The van der Waals surface area contributed by atoms with Gasteiger partial charge in [0.2, 0.25) is 0 Å². The van der Waals surface area contributed by atoms with E-state index in [0.717, 1.165) is 11.1 Å². The van der Waals surface area contributed by atoms with Gasteiger partial charge < -0.3 is 5.11 Å². The molecule has 0 heterocycles. The number of carboxylic acid groups (broad SMARTS) is 1. The Hall–Kier alpha value is -1.28. The number of hydrogen-bond acceptors (Lipinski definition) is 1. The summed E-state index contributed by atoms with van der Waals surface area (Å²) in [6, 6.07) is 5.02. The van der Waals surface area contributed by atoms with E-state index in [2.05, 4.69) is 0 Å². The lowest BCUT2D eigenvalue weighted by Crippen LogP contribution is -1.97. The van der Waals surface area contributed by atoms with Gasteiger partial charge in [0.25, 0.3) is 0 Å². The number of aromatic carboxylic acids is 1. The second-order valence-corrected chi connectivity index (χ2v) is 3.24. The highest BCUT2D eigenvalue weighted by Gasteiger charge is 2.03. The number of carboxylic acids is 1. The lowest BCUT2D eigenvalue weighted by Gasteiger charge is -2.01. The smallest absolute Gasteiger partial charge is 0.335 e. The van der Waals surface area contributed by atoms with Crippen molar-refractivity contribution in [3.63, 3.8) is 0 Å². The van der Waals surface area contributed by atoms with Crippen LogP contribution in [0, 0.1) is 6.92 Å². The first-order valence-electron chi connectivity index (χ1n) is 4.21. The molecule has 1 rings (SSSR count). The maximum atomic E-state index is 10.7. The fourth-order valence-electron chi connectivity index (χ4n) is 1.12. The molecule has 3 heteroatoms. The minimum Gasteiger partial charge on any atom is -0.478 e. The number of allylic oxidation sites excluding steroid dienone is 1. The van der Waals surface area contributed by atoms with Crippen molar-refractivity contribution in [2.45, 2.75) is 6.92 Å². The van der Waals surface area contributed by atoms with Crippen LogP contribution in [0.5, 0.6) is 0 Å². The van der Waals surface area contributed by atoms with Gasteiger partial charge in [0.15, 0.2) is 0 Å². The van der Waals surface area contributed by atoms with E-state index in [1.165, 1.54) is 0 Å². The summed E-state index contributed by atoms with van der Waals surface area (Å²) in [6.45, 7) is 1.93. The number of hydrogen-bond donors (Lipinski definition) is 1. The Balaban J connectivity index is 3.08. The van der Waals surface area contributed by atoms with E-state index in [0.29, 0.717) is 11.4 Å². The second kappa shape index (κ2) is 4.82. The lowest BCUT2D eigenvalue weighted by molar-refractivity contribution is 0.0697. The maximum absolute atomic E-state index is 10.7. The van der Waals surface area contributed by atoms with E-state index in [1.54, 1.807) is 24.3 Å². The molecule has 0 aliphatic heterocycles. The summed E-state index contributed by atoms with van der Waals surface area (Å²) in [4.78, 5) is 10.7. The Labute approximate surface area is 87.8 Å². The molecule has 1 aromatic carbocycles. The van der Waals surface area contributed by atoms with E-state index >= 15 is 0 Å². The number of benzene rings is 1. The molecule has 0 amide bonds. The third-order valence-corrected chi connectivity index (χ3v) is 2.09. The monoisotopic (exact) mass is 210 g/mol. The molecular formula is C11H11ClO2. The fourth-order valence-corrected chi connectivity index (χ4v) is 1.21. The quantitative estimate of drug-likeness (QED) is 0.779. The summed E-state index contributed by atoms with van der Waals surface area (Å²) >= 11 is 5.50. The van der Waals surface area contributed by atoms with E-state index in [4.69, 9.17) is 16.7 Å². The summed E-state index contributed by atoms with van der Waals surface area (Å²) in [5.41, 5.74) is 2.23. The molecule has 0 spiro atoms. The number of carbonyl (C=O) groups is 1. The normalized spacial score (nSPS) is 10.7. The third kappa shape index (κ3) is 2.60. The molecule has 1 aromatic rings. The van der Waals surface area contributed by atoms with Crippen LogP contribution in [-0.4, -0.2) is 17.0 Å². The molecule has 0 unspecified atom stereocenters. The fraction of sp³-hybridized carbons (Fsp3) is 0.182. The Bertz CT molecular complexity index is 370. The van der Waals surface area contributed by atoms with Crippen molar-refractivity contribution in [1.29, 1.82) is 0 Å². The van der Waals surface area contributed by atoms with E-state index in [9.17, 15) is 4.79 Å². The van der Waals surface area contributed by atoms with Crippen LogP contribution in [0.3, 0.4) is 0 Å². The van der Waals surface area contributed by atoms with Crippen molar-refractivity contribution in [3.05, 3.63) is 41.0 Å². The summed E-state index contributed by atoms with van der Waals surface area (Å²) in [5, 5.41) is 8.78. The highest BCUT2D eigenvalue weighted by Crippen LogP contribution is 2.13. The van der Waals surface area contributed by atoms with Crippen molar-refractivity contribution in [3.8, 4) is 0 Å². The summed E-state index contributed by atoms with van der Waals surface area (Å²) in [6.07, 6.45) is 3.62. The minimum absolute atomic E-state index is 0.296. The minimum atomic E-state index is -0.912. The highest BCUT2D eigenvalue weighted by atomic mass is 35.5. The predicted molar refractivity (Wildman–Crippen MR) is 57.9 cm³/mol. The standard InChI is InChI=1S/C11H11ClO2/c1-8-4-5-10(11(13)14)7-9(8)3-2-6-12/h2-5,7H,6H2,1H3,(H,13,14). The van der Waals surface area contributed by atoms with Gasteiger partial charge >= 0.3 is 5.97 Å². The van der Waals surface area contributed by atoms with Gasteiger partial charge in [-0.2, -0.15) is 0 Å². The van der Waals surface area contributed by atoms with Crippen LogP contribution in [0.1, 0.15) is 21.5 Å². The summed E-state index contributed by atoms with van der Waals surface area (Å²) in [7, 11) is 0. The van der Waals surface area contributed by atoms with Crippen LogP contribution in [-0.2, 0) is 0 Å². The first-order chi connectivity index (χ1) is 6.65. The van der Waals surface area contributed by atoms with E-state index in [-0.39, 0.29) is 0 Å². The number of halogens is 1. The molecule has 1 N–H and O–H groups in total. The molecule has 0 bridgehead atoms. The van der Waals surface area contributed by atoms with E-state index in [1.807, 2.05) is 13.0 Å². The van der Waals surface area contributed by atoms with E-state index < -0.39 is 5.97 Å². The van der Waals surface area contributed by atoms with Crippen LogP contribution >= 0.6 is 11.6 Å². The Morgan fingerprint density at radius 3 is 2.86 bits per heavy atom. The van der Waals surface area contributed by atoms with Crippen molar-refractivity contribution in [2.24, 2.45) is 0 Å². The van der Waals surface area contributed by atoms with Crippen molar-refractivity contribution in [1.82, 2.24) is 0 Å². The second-order valence-electron chi connectivity index (χ2n) is 2.93. The van der Waals surface area contributed by atoms with Gasteiger partial charge in [-0.1, -0.05) is 18.2 Å². The molecular weight excluding hydrogens is 200 g/mol. The molecule has 0 radical (unpaired) electrons. The topological polar surface area (TPSA) is 37.3 Å². The first kappa shape index (κ1) is 10.8. The largest absolute Gasteiger partial charge is 0.478 e. The molecule has 0 saturated heterocycles. The predicted octanol–water partition coefficient (Wildman–Crippen LogP) is 2.95.